The van der Waals surface area contributed by atoms with Crippen molar-refractivity contribution in [3.63, 3.8) is 0 Å². The Bertz CT molecular complexity index is 1040. The molecule has 0 bridgehead atoms. The van der Waals surface area contributed by atoms with Gasteiger partial charge in [-0.25, -0.2) is 0 Å². The van der Waals surface area contributed by atoms with Crippen LogP contribution in [-0.4, -0.2) is 85.7 Å². The lowest BCUT2D eigenvalue weighted by Gasteiger charge is -2.27. The minimum Gasteiger partial charge on any atom is -0.497 e. The molecule has 0 radical (unpaired) electrons. The van der Waals surface area contributed by atoms with Crippen LogP contribution in [-0.2, 0) is 32.0 Å². The maximum atomic E-state index is 13.5. The highest BCUT2D eigenvalue weighted by Gasteiger charge is 2.50. The van der Waals surface area contributed by atoms with E-state index in [9.17, 15) is 19.5 Å². The van der Waals surface area contributed by atoms with Crippen LogP contribution in [0.4, 0.5) is 0 Å². The second-order valence-corrected chi connectivity index (χ2v) is 9.41. The molecule has 2 aromatic carbocycles. The minimum atomic E-state index is -0.973. The number of amides is 2. The van der Waals surface area contributed by atoms with Crippen molar-refractivity contribution in [2.75, 3.05) is 34.4 Å². The van der Waals surface area contributed by atoms with E-state index < -0.39 is 42.1 Å². The van der Waals surface area contributed by atoms with Crippen molar-refractivity contribution in [1.82, 2.24) is 15.5 Å². The molecule has 36 heavy (non-hydrogen) atoms. The molecule has 4 unspecified atom stereocenters. The first-order valence-electron chi connectivity index (χ1n) is 11.9. The Morgan fingerprint density at radius 2 is 1.53 bits per heavy atom. The van der Waals surface area contributed by atoms with Gasteiger partial charge in [-0.2, -0.15) is 0 Å². The van der Waals surface area contributed by atoms with Gasteiger partial charge in [-0.3, -0.25) is 19.3 Å². The lowest BCUT2D eigenvalue weighted by atomic mass is 9.94. The lowest BCUT2D eigenvalue weighted by molar-refractivity contribution is -0.134. The summed E-state index contributed by atoms with van der Waals surface area (Å²) in [5.74, 6) is -0.522. The number of ether oxygens (including phenoxy) is 2. The smallest absolute Gasteiger partial charge is 0.243 e. The molecule has 2 amide bonds. The third-order valence-corrected chi connectivity index (χ3v) is 6.34. The van der Waals surface area contributed by atoms with Gasteiger partial charge in [0.25, 0.3) is 0 Å². The van der Waals surface area contributed by atoms with Crippen molar-refractivity contribution >= 4 is 17.6 Å². The molecule has 0 spiro atoms. The number of hydrogen-bond donors (Lipinski definition) is 3. The predicted octanol–water partition coefficient (Wildman–Crippen LogP) is 0.731. The molecule has 0 aliphatic carbocycles. The zero-order chi connectivity index (χ0) is 26.3. The molecule has 1 fully saturated rings. The molecule has 0 saturated carbocycles. The Morgan fingerprint density at radius 3 is 2.06 bits per heavy atom. The summed E-state index contributed by atoms with van der Waals surface area (Å²) in [6, 6.07) is 14.0. The number of ketones is 1. The molecule has 1 heterocycles. The number of nitrogens with one attached hydrogen (secondary N) is 2. The van der Waals surface area contributed by atoms with Gasteiger partial charge in [0.05, 0.1) is 26.4 Å². The van der Waals surface area contributed by atoms with Crippen LogP contribution in [0.2, 0.25) is 0 Å². The highest BCUT2D eigenvalue weighted by molar-refractivity contribution is 5.98. The number of benzene rings is 2. The molecule has 1 aliphatic heterocycles. The molecule has 4 atom stereocenters. The monoisotopic (exact) mass is 497 g/mol. The van der Waals surface area contributed by atoms with Gasteiger partial charge in [0.2, 0.25) is 11.8 Å². The topological polar surface area (TPSA) is 120 Å². The Kier molecular flexibility index (Phi) is 9.19. The summed E-state index contributed by atoms with van der Waals surface area (Å²) in [7, 11) is 4.91. The highest BCUT2D eigenvalue weighted by Crippen LogP contribution is 2.29. The average Bonchev–Trinajstić information content (AvgIpc) is 3.62. The van der Waals surface area contributed by atoms with E-state index in [1.807, 2.05) is 42.5 Å². The van der Waals surface area contributed by atoms with Crippen molar-refractivity contribution in [2.45, 2.75) is 43.5 Å². The zero-order valence-corrected chi connectivity index (χ0v) is 21.2. The van der Waals surface area contributed by atoms with Crippen molar-refractivity contribution in [2.24, 2.45) is 0 Å². The fourth-order valence-corrected chi connectivity index (χ4v) is 3.91. The first-order chi connectivity index (χ1) is 17.2. The van der Waals surface area contributed by atoms with Crippen LogP contribution in [0.1, 0.15) is 18.1 Å². The second-order valence-electron chi connectivity index (χ2n) is 9.41. The van der Waals surface area contributed by atoms with Gasteiger partial charge >= 0.3 is 0 Å². The van der Waals surface area contributed by atoms with Gasteiger partial charge in [-0.05, 0) is 50.7 Å². The number of rotatable bonds is 13. The van der Waals surface area contributed by atoms with Gasteiger partial charge in [0.15, 0.2) is 5.78 Å². The van der Waals surface area contributed by atoms with Crippen molar-refractivity contribution in [3.8, 4) is 5.75 Å². The number of methoxy groups -OCH3 is 1. The number of carbonyl (C=O) groups is 3. The standard InChI is InChI=1S/C27H35N3O6/c1-27(17-36-27)24(32)21(14-18-8-6-5-7-9-18)28-25(33)22(29-26(34)23(16-31)30(2)3)15-19-10-12-20(35-4)13-11-19/h5-13,21-23,31H,14-17H2,1-4H3,(H,28,33)(H,29,34). The molecule has 3 rings (SSSR count). The number of carbonyl (C=O) groups excluding carboxylic acids is 3. The van der Waals surface area contributed by atoms with Gasteiger partial charge in [0.1, 0.15) is 23.4 Å². The van der Waals surface area contributed by atoms with E-state index in [0.29, 0.717) is 18.8 Å². The van der Waals surface area contributed by atoms with E-state index in [-0.39, 0.29) is 12.2 Å². The molecule has 1 saturated heterocycles. The van der Waals surface area contributed by atoms with E-state index in [1.165, 1.54) is 0 Å². The number of nitrogens with zero attached hydrogens (tertiary/aromatic N) is 1. The van der Waals surface area contributed by atoms with Crippen molar-refractivity contribution < 1.29 is 29.0 Å². The summed E-state index contributed by atoms with van der Waals surface area (Å²) in [4.78, 5) is 41.2. The SMILES string of the molecule is COc1ccc(CC(NC(=O)C(CO)N(C)C)C(=O)NC(Cc2ccccc2)C(=O)C2(C)CO2)cc1. The van der Waals surface area contributed by atoms with Gasteiger partial charge in [0, 0.05) is 6.42 Å². The Hall–Kier alpha value is -3.27. The number of aliphatic hydroxyl groups excluding tert-OH is 1. The summed E-state index contributed by atoms with van der Waals surface area (Å²) >= 11 is 0. The largest absolute Gasteiger partial charge is 0.497 e. The van der Waals surface area contributed by atoms with Crippen LogP contribution in [0.3, 0.4) is 0 Å². The first kappa shape index (κ1) is 27.3. The third-order valence-electron chi connectivity index (χ3n) is 6.34. The second kappa shape index (κ2) is 12.1. The average molecular weight is 498 g/mol. The minimum absolute atomic E-state index is 0.188. The van der Waals surface area contributed by atoms with Crippen LogP contribution in [0.25, 0.3) is 0 Å². The van der Waals surface area contributed by atoms with E-state index in [2.05, 4.69) is 10.6 Å². The maximum absolute atomic E-state index is 13.5. The van der Waals surface area contributed by atoms with Crippen LogP contribution < -0.4 is 15.4 Å². The highest BCUT2D eigenvalue weighted by atomic mass is 16.6. The fourth-order valence-electron chi connectivity index (χ4n) is 3.91. The zero-order valence-electron chi connectivity index (χ0n) is 21.2. The molecule has 0 aromatic heterocycles. The number of likely N-dealkylation sites (N-methyl/N-ethyl adjacent to an activating group) is 1. The molecule has 3 N–H and O–H groups in total. The summed E-state index contributed by atoms with van der Waals surface area (Å²) in [5.41, 5.74) is 0.767. The van der Waals surface area contributed by atoms with Crippen LogP contribution >= 0.6 is 0 Å². The molecular formula is C27H35N3O6. The van der Waals surface area contributed by atoms with E-state index in [4.69, 9.17) is 9.47 Å². The van der Waals surface area contributed by atoms with E-state index >= 15 is 0 Å². The van der Waals surface area contributed by atoms with Crippen molar-refractivity contribution in [3.05, 3.63) is 65.7 Å². The normalized spacial score (nSPS) is 19.2. The number of aliphatic hydroxyl groups is 1. The van der Waals surface area contributed by atoms with Crippen LogP contribution in [0.15, 0.2) is 54.6 Å². The third kappa shape index (κ3) is 7.13. The Balaban J connectivity index is 1.83. The molecule has 9 heteroatoms. The summed E-state index contributed by atoms with van der Waals surface area (Å²) < 4.78 is 10.6. The van der Waals surface area contributed by atoms with Gasteiger partial charge in [-0.1, -0.05) is 42.5 Å². The molecule has 2 aromatic rings. The summed E-state index contributed by atoms with van der Waals surface area (Å²) in [5, 5.41) is 15.3. The molecular weight excluding hydrogens is 462 g/mol. The number of hydrogen-bond acceptors (Lipinski definition) is 7. The Morgan fingerprint density at radius 1 is 0.972 bits per heavy atom. The number of epoxide rings is 1. The van der Waals surface area contributed by atoms with E-state index in [1.54, 1.807) is 45.2 Å². The lowest BCUT2D eigenvalue weighted by Crippen LogP contribution is -2.57. The summed E-state index contributed by atoms with van der Waals surface area (Å²) in [6.07, 6.45) is 0.484. The van der Waals surface area contributed by atoms with Crippen LogP contribution in [0.5, 0.6) is 5.75 Å². The Labute approximate surface area is 211 Å². The van der Waals surface area contributed by atoms with Crippen molar-refractivity contribution in [1.29, 1.82) is 0 Å². The molecule has 194 valence electrons. The first-order valence-corrected chi connectivity index (χ1v) is 11.9. The maximum Gasteiger partial charge on any atom is 0.243 e. The fraction of sp³-hybridized carbons (Fsp3) is 0.444. The molecule has 1 aliphatic rings. The molecule has 9 nitrogen and oxygen atoms in total. The summed E-state index contributed by atoms with van der Waals surface area (Å²) in [6.45, 7) is 1.61. The number of Topliss-reactive ketones (excluding diaryl/α,β-unsaturated/α-hetero) is 1. The van der Waals surface area contributed by atoms with Gasteiger partial charge in [-0.15, -0.1) is 0 Å². The van der Waals surface area contributed by atoms with E-state index in [0.717, 1.165) is 11.1 Å². The quantitative estimate of drug-likeness (QED) is 0.349. The van der Waals surface area contributed by atoms with Crippen LogP contribution in [0, 0.1) is 0 Å². The van der Waals surface area contributed by atoms with Gasteiger partial charge < -0.3 is 25.2 Å². The predicted molar refractivity (Wildman–Crippen MR) is 135 cm³/mol.